The van der Waals surface area contributed by atoms with E-state index >= 15 is 0 Å². The second kappa shape index (κ2) is 7.68. The summed E-state index contributed by atoms with van der Waals surface area (Å²) in [6.45, 7) is 3.64. The van der Waals surface area contributed by atoms with Gasteiger partial charge in [0, 0.05) is 12.6 Å². The molecule has 0 amide bonds. The topological polar surface area (TPSA) is 38.8 Å². The van der Waals surface area contributed by atoms with Crippen molar-refractivity contribution in [1.29, 1.82) is 0 Å². The van der Waals surface area contributed by atoms with Crippen LogP contribution in [0.1, 0.15) is 12.5 Å². The van der Waals surface area contributed by atoms with Crippen LogP contribution in [0.3, 0.4) is 0 Å². The summed E-state index contributed by atoms with van der Waals surface area (Å²) in [5, 5.41) is 0. The normalized spacial score (nSPS) is 16.5. The van der Waals surface area contributed by atoms with Crippen molar-refractivity contribution >= 4 is 11.7 Å². The van der Waals surface area contributed by atoms with E-state index in [9.17, 15) is 4.79 Å². The second-order valence-corrected chi connectivity index (χ2v) is 5.60. The molecule has 0 saturated heterocycles. The highest BCUT2D eigenvalue weighted by atomic mass is 16.5. The Morgan fingerprint density at radius 2 is 1.96 bits per heavy atom. The summed E-state index contributed by atoms with van der Waals surface area (Å²) < 4.78 is 10.9. The lowest BCUT2D eigenvalue weighted by atomic mass is 10.1. The van der Waals surface area contributed by atoms with Crippen LogP contribution in [0.15, 0.2) is 66.7 Å². The van der Waals surface area contributed by atoms with Crippen molar-refractivity contribution in [3.05, 3.63) is 72.3 Å². The molecule has 24 heavy (non-hydrogen) atoms. The highest BCUT2D eigenvalue weighted by molar-refractivity contribution is 5.82. The molecule has 0 bridgehead atoms. The van der Waals surface area contributed by atoms with E-state index in [0.29, 0.717) is 13.2 Å². The number of anilines is 1. The number of ether oxygens (including phenoxy) is 2. The summed E-state index contributed by atoms with van der Waals surface area (Å²) in [4.78, 5) is 13.8. The van der Waals surface area contributed by atoms with Crippen LogP contribution >= 0.6 is 0 Å². The van der Waals surface area contributed by atoms with Crippen LogP contribution in [0.5, 0.6) is 5.75 Å². The van der Waals surface area contributed by atoms with E-state index in [2.05, 4.69) is 23.1 Å². The zero-order chi connectivity index (χ0) is 16.8. The fourth-order valence-corrected chi connectivity index (χ4v) is 2.76. The molecule has 2 aromatic carbocycles. The van der Waals surface area contributed by atoms with Crippen molar-refractivity contribution in [3.63, 3.8) is 0 Å². The van der Waals surface area contributed by atoms with Gasteiger partial charge in [0.15, 0.2) is 0 Å². The number of nitrogens with zero attached hydrogens (tertiary/aromatic N) is 1. The summed E-state index contributed by atoms with van der Waals surface area (Å²) >= 11 is 0. The van der Waals surface area contributed by atoms with Crippen LogP contribution in [0.4, 0.5) is 5.69 Å². The molecule has 4 heteroatoms. The molecule has 0 radical (unpaired) electrons. The van der Waals surface area contributed by atoms with Gasteiger partial charge in [-0.25, -0.2) is 4.79 Å². The van der Waals surface area contributed by atoms with Crippen LogP contribution in [0, 0.1) is 0 Å². The second-order valence-electron chi connectivity index (χ2n) is 5.60. The number of rotatable bonds is 5. The Morgan fingerprint density at radius 1 is 1.21 bits per heavy atom. The number of para-hydroxylation sites is 2. The molecule has 0 spiro atoms. The van der Waals surface area contributed by atoms with Gasteiger partial charge in [-0.2, -0.15) is 0 Å². The smallest absolute Gasteiger partial charge is 0.330 e. The van der Waals surface area contributed by atoms with Crippen molar-refractivity contribution in [2.45, 2.75) is 19.6 Å². The molecule has 124 valence electrons. The van der Waals surface area contributed by atoms with Crippen molar-refractivity contribution in [2.24, 2.45) is 0 Å². The van der Waals surface area contributed by atoms with Crippen molar-refractivity contribution < 1.29 is 14.3 Å². The zero-order valence-electron chi connectivity index (χ0n) is 13.7. The van der Waals surface area contributed by atoms with E-state index in [1.807, 2.05) is 36.4 Å². The highest BCUT2D eigenvalue weighted by Gasteiger charge is 2.24. The summed E-state index contributed by atoms with van der Waals surface area (Å²) in [5.41, 5.74) is 2.31. The van der Waals surface area contributed by atoms with Crippen molar-refractivity contribution in [3.8, 4) is 5.75 Å². The minimum absolute atomic E-state index is 0.187. The molecule has 2 aromatic rings. The van der Waals surface area contributed by atoms with Gasteiger partial charge in [-0.3, -0.25) is 0 Å². The maximum absolute atomic E-state index is 11.5. The molecule has 4 nitrogen and oxygen atoms in total. The van der Waals surface area contributed by atoms with Gasteiger partial charge in [-0.05, 0) is 30.7 Å². The van der Waals surface area contributed by atoms with Gasteiger partial charge >= 0.3 is 5.97 Å². The molecule has 1 unspecified atom stereocenters. The van der Waals surface area contributed by atoms with Gasteiger partial charge in [0.25, 0.3) is 0 Å². The Balaban J connectivity index is 1.78. The lowest BCUT2D eigenvalue weighted by Gasteiger charge is -2.35. The van der Waals surface area contributed by atoms with Gasteiger partial charge in [0.05, 0.1) is 18.8 Å². The summed E-state index contributed by atoms with van der Waals surface area (Å²) in [6, 6.07) is 18.3. The largest absolute Gasteiger partial charge is 0.482 e. The minimum atomic E-state index is -0.338. The predicted molar refractivity (Wildman–Crippen MR) is 94.1 cm³/mol. The first kappa shape index (κ1) is 16.1. The summed E-state index contributed by atoms with van der Waals surface area (Å²) in [7, 11) is 0. The predicted octanol–water partition coefficient (Wildman–Crippen LogP) is 3.57. The summed E-state index contributed by atoms with van der Waals surface area (Å²) in [5.74, 6) is 0.493. The molecule has 1 atom stereocenters. The average Bonchev–Trinajstić information content (AvgIpc) is 2.61. The number of fused-ring (bicyclic) bond motifs is 1. The van der Waals surface area contributed by atoms with E-state index in [1.165, 1.54) is 11.6 Å². The number of hydrogen-bond acceptors (Lipinski definition) is 4. The first-order valence-corrected chi connectivity index (χ1v) is 8.16. The minimum Gasteiger partial charge on any atom is -0.482 e. The molecule has 1 aliphatic rings. The fraction of sp³-hybridized carbons (Fsp3) is 0.250. The molecule has 0 aromatic heterocycles. The van der Waals surface area contributed by atoms with Gasteiger partial charge in [0.2, 0.25) is 0 Å². The Bertz CT molecular complexity index is 712. The van der Waals surface area contributed by atoms with Gasteiger partial charge in [-0.1, -0.05) is 42.5 Å². The maximum atomic E-state index is 11.5. The molecule has 0 saturated carbocycles. The van der Waals surface area contributed by atoms with Crippen molar-refractivity contribution in [1.82, 2.24) is 0 Å². The third-order valence-electron chi connectivity index (χ3n) is 3.83. The van der Waals surface area contributed by atoms with Crippen LogP contribution in [0.2, 0.25) is 0 Å². The standard InChI is InChI=1S/C20H21NO3/c1-2-23-20(22)13-12-17-15-21(14-16-8-4-3-5-9-16)18-10-6-7-11-19(18)24-17/h3-13,17H,2,14-15H2,1H3/b13-12+. The molecular formula is C20H21NO3. The third kappa shape index (κ3) is 3.96. The van der Waals surface area contributed by atoms with Gasteiger partial charge < -0.3 is 14.4 Å². The van der Waals surface area contributed by atoms with Crippen molar-refractivity contribution in [2.75, 3.05) is 18.1 Å². The Labute approximate surface area is 142 Å². The van der Waals surface area contributed by atoms with E-state index in [4.69, 9.17) is 9.47 Å². The van der Waals surface area contributed by atoms with Crippen LogP contribution < -0.4 is 9.64 Å². The average molecular weight is 323 g/mol. The Hall–Kier alpha value is -2.75. The highest BCUT2D eigenvalue weighted by Crippen LogP contribution is 2.34. The van der Waals surface area contributed by atoms with Crippen LogP contribution in [0.25, 0.3) is 0 Å². The Morgan fingerprint density at radius 3 is 2.75 bits per heavy atom. The van der Waals surface area contributed by atoms with E-state index in [-0.39, 0.29) is 12.1 Å². The number of hydrogen-bond donors (Lipinski definition) is 0. The molecule has 1 aliphatic heterocycles. The first-order chi connectivity index (χ1) is 11.8. The number of benzene rings is 2. The molecule has 1 heterocycles. The SMILES string of the molecule is CCOC(=O)/C=C/C1CN(Cc2ccccc2)c2ccccc2O1. The van der Waals surface area contributed by atoms with E-state index in [1.54, 1.807) is 13.0 Å². The summed E-state index contributed by atoms with van der Waals surface area (Å²) in [6.07, 6.45) is 3.03. The lowest BCUT2D eigenvalue weighted by molar-refractivity contribution is -0.137. The number of carbonyl (C=O) groups is 1. The number of carbonyl (C=O) groups excluding carboxylic acids is 1. The first-order valence-electron chi connectivity index (χ1n) is 8.16. The van der Waals surface area contributed by atoms with Gasteiger partial charge in [0.1, 0.15) is 11.9 Å². The third-order valence-corrected chi connectivity index (χ3v) is 3.83. The van der Waals surface area contributed by atoms with E-state index < -0.39 is 0 Å². The van der Waals surface area contributed by atoms with Gasteiger partial charge in [-0.15, -0.1) is 0 Å². The maximum Gasteiger partial charge on any atom is 0.330 e. The molecular weight excluding hydrogens is 302 g/mol. The zero-order valence-corrected chi connectivity index (χ0v) is 13.7. The Kier molecular flexibility index (Phi) is 5.16. The molecule has 0 N–H and O–H groups in total. The van der Waals surface area contributed by atoms with Crippen LogP contribution in [-0.4, -0.2) is 25.2 Å². The number of esters is 1. The monoisotopic (exact) mass is 323 g/mol. The van der Waals surface area contributed by atoms with E-state index in [0.717, 1.165) is 18.0 Å². The van der Waals surface area contributed by atoms with Crippen LogP contribution in [-0.2, 0) is 16.1 Å². The molecule has 0 aliphatic carbocycles. The quantitative estimate of drug-likeness (QED) is 0.623. The molecule has 0 fully saturated rings. The molecule has 3 rings (SSSR count). The fourth-order valence-electron chi connectivity index (χ4n) is 2.76. The lowest BCUT2D eigenvalue weighted by Crippen LogP contribution is -2.38.